The van der Waals surface area contributed by atoms with Gasteiger partial charge < -0.3 is 10.1 Å². The van der Waals surface area contributed by atoms with E-state index in [1.165, 1.54) is 0 Å². The molecule has 6 heteroatoms. The summed E-state index contributed by atoms with van der Waals surface area (Å²) >= 11 is 0. The lowest BCUT2D eigenvalue weighted by Gasteiger charge is -2.33. The van der Waals surface area contributed by atoms with E-state index in [1.807, 2.05) is 0 Å². The van der Waals surface area contributed by atoms with E-state index < -0.39 is 17.5 Å². The molecule has 132 valence electrons. The third-order valence-electron chi connectivity index (χ3n) is 5.52. The summed E-state index contributed by atoms with van der Waals surface area (Å²) in [6.45, 7) is 2.23. The number of rotatable bonds is 4. The van der Waals surface area contributed by atoms with Crippen LogP contribution in [0.2, 0.25) is 0 Å². The fraction of sp³-hybridized carbons (Fsp3) is 0.722. The number of nitrogens with one attached hydrogen (secondary N) is 1. The largest absolute Gasteiger partial charge is 0.464 e. The molecule has 1 saturated heterocycles. The highest BCUT2D eigenvalue weighted by molar-refractivity contribution is 6.08. The lowest BCUT2D eigenvalue weighted by Crippen LogP contribution is -2.49. The van der Waals surface area contributed by atoms with E-state index in [2.05, 4.69) is 24.4 Å². The molecule has 1 N–H and O–H groups in total. The molecule has 1 aliphatic heterocycles. The van der Waals surface area contributed by atoms with E-state index in [-0.39, 0.29) is 12.5 Å². The summed E-state index contributed by atoms with van der Waals surface area (Å²) in [5.41, 5.74) is -0.794. The number of nitrogens with zero attached hydrogens (tertiary/aromatic N) is 1. The molecule has 1 saturated carbocycles. The summed E-state index contributed by atoms with van der Waals surface area (Å²) in [5.74, 6) is 0.142. The second-order valence-corrected chi connectivity index (χ2v) is 7.42. The Bertz CT molecular complexity index is 549. The summed E-state index contributed by atoms with van der Waals surface area (Å²) in [7, 11) is 0. The van der Waals surface area contributed by atoms with Gasteiger partial charge in [-0.15, -0.1) is 0 Å². The maximum absolute atomic E-state index is 12.7. The van der Waals surface area contributed by atoms with Crippen LogP contribution < -0.4 is 5.32 Å². The first-order valence-corrected chi connectivity index (χ1v) is 8.95. The molecule has 3 amide bonds. The summed E-state index contributed by atoms with van der Waals surface area (Å²) in [4.78, 5) is 37.9. The molecule has 0 aromatic rings. The molecule has 3 aliphatic rings. The van der Waals surface area contributed by atoms with Crippen molar-refractivity contribution in [3.8, 4) is 0 Å². The highest BCUT2D eigenvalue weighted by atomic mass is 16.5. The lowest BCUT2D eigenvalue weighted by atomic mass is 9.77. The summed E-state index contributed by atoms with van der Waals surface area (Å²) in [6.07, 6.45) is 10.3. The molecule has 1 heterocycles. The first kappa shape index (κ1) is 17.0. The molecule has 1 atom stereocenters. The summed E-state index contributed by atoms with van der Waals surface area (Å²) in [6, 6.07) is -0.466. The zero-order valence-electron chi connectivity index (χ0n) is 14.3. The third kappa shape index (κ3) is 3.47. The number of imide groups is 1. The number of ether oxygens (including phenoxy) is 1. The summed E-state index contributed by atoms with van der Waals surface area (Å²) in [5, 5.41) is 2.82. The third-order valence-corrected chi connectivity index (χ3v) is 5.52. The average Bonchev–Trinajstić information content (AvgIpc) is 2.81. The van der Waals surface area contributed by atoms with Crippen molar-refractivity contribution in [1.82, 2.24) is 10.2 Å². The van der Waals surface area contributed by atoms with Crippen molar-refractivity contribution in [3.63, 3.8) is 0 Å². The van der Waals surface area contributed by atoms with Crippen molar-refractivity contribution < 1.29 is 19.1 Å². The van der Waals surface area contributed by atoms with E-state index in [1.54, 1.807) is 0 Å². The van der Waals surface area contributed by atoms with Crippen molar-refractivity contribution >= 4 is 17.9 Å². The Morgan fingerprint density at radius 3 is 2.71 bits per heavy atom. The molecule has 6 nitrogen and oxygen atoms in total. The van der Waals surface area contributed by atoms with E-state index in [9.17, 15) is 14.4 Å². The van der Waals surface area contributed by atoms with Crippen LogP contribution in [-0.4, -0.2) is 41.5 Å². The van der Waals surface area contributed by atoms with E-state index in [4.69, 9.17) is 4.74 Å². The maximum atomic E-state index is 12.7. The summed E-state index contributed by atoms with van der Waals surface area (Å²) < 4.78 is 5.29. The van der Waals surface area contributed by atoms with Gasteiger partial charge in [0, 0.05) is 0 Å². The van der Waals surface area contributed by atoms with Crippen molar-refractivity contribution in [3.05, 3.63) is 12.2 Å². The lowest BCUT2D eigenvalue weighted by molar-refractivity contribution is -0.149. The van der Waals surface area contributed by atoms with Crippen LogP contribution >= 0.6 is 0 Å². The fourth-order valence-corrected chi connectivity index (χ4v) is 3.81. The van der Waals surface area contributed by atoms with Gasteiger partial charge in [0.15, 0.2) is 0 Å². The molecule has 24 heavy (non-hydrogen) atoms. The van der Waals surface area contributed by atoms with Crippen molar-refractivity contribution in [1.29, 1.82) is 0 Å². The number of urea groups is 1. The van der Waals surface area contributed by atoms with Gasteiger partial charge in [0.1, 0.15) is 12.1 Å². The van der Waals surface area contributed by atoms with Gasteiger partial charge >= 0.3 is 12.0 Å². The van der Waals surface area contributed by atoms with Gasteiger partial charge in [-0.2, -0.15) is 0 Å². The van der Waals surface area contributed by atoms with Gasteiger partial charge in [-0.25, -0.2) is 4.79 Å². The number of hydrogen-bond donors (Lipinski definition) is 1. The van der Waals surface area contributed by atoms with Gasteiger partial charge in [0.25, 0.3) is 5.91 Å². The number of esters is 1. The monoisotopic (exact) mass is 334 g/mol. The Hall–Kier alpha value is -1.85. The van der Waals surface area contributed by atoms with Gasteiger partial charge in [0.05, 0.1) is 6.61 Å². The molecule has 0 aromatic heterocycles. The first-order valence-electron chi connectivity index (χ1n) is 8.95. The Balaban J connectivity index is 1.52. The molecule has 2 fully saturated rings. The van der Waals surface area contributed by atoms with E-state index >= 15 is 0 Å². The predicted octanol–water partition coefficient (Wildman–Crippen LogP) is 2.39. The first-order chi connectivity index (χ1) is 11.5. The van der Waals surface area contributed by atoms with Gasteiger partial charge in [-0.1, -0.05) is 19.1 Å². The highest BCUT2D eigenvalue weighted by Crippen LogP contribution is 2.36. The minimum absolute atomic E-state index is 0.267. The molecule has 1 spiro atoms. The molecular formula is C18H26N2O4. The molecular weight excluding hydrogens is 308 g/mol. The Labute approximate surface area is 142 Å². The minimum Gasteiger partial charge on any atom is -0.464 e. The molecule has 0 bridgehead atoms. The quantitative estimate of drug-likeness (QED) is 0.486. The Kier molecular flexibility index (Phi) is 4.92. The smallest absolute Gasteiger partial charge is 0.326 e. The maximum Gasteiger partial charge on any atom is 0.326 e. The molecule has 3 rings (SSSR count). The van der Waals surface area contributed by atoms with Crippen LogP contribution in [-0.2, 0) is 14.3 Å². The number of amides is 3. The topological polar surface area (TPSA) is 75.7 Å². The standard InChI is InChI=1S/C18H26N2O4/c1-13-7-9-18(10-8-13)16(22)20(17(23)19-18)11-15(21)24-12-14-5-3-2-4-6-14/h2-3,13-14H,4-12H2,1H3,(H,19,23)/t13?,14-,18?/m1/s1. The van der Waals surface area contributed by atoms with Crippen LogP contribution in [0.1, 0.15) is 51.9 Å². The second kappa shape index (κ2) is 6.95. The van der Waals surface area contributed by atoms with Gasteiger partial charge in [0.2, 0.25) is 0 Å². The molecule has 0 unspecified atom stereocenters. The Morgan fingerprint density at radius 2 is 2.04 bits per heavy atom. The van der Waals surface area contributed by atoms with Crippen molar-refractivity contribution in [2.75, 3.05) is 13.2 Å². The van der Waals surface area contributed by atoms with Crippen molar-refractivity contribution in [2.24, 2.45) is 11.8 Å². The zero-order valence-corrected chi connectivity index (χ0v) is 14.3. The zero-order chi connectivity index (χ0) is 17.2. The van der Waals surface area contributed by atoms with Crippen LogP contribution in [0.15, 0.2) is 12.2 Å². The molecule has 0 aromatic carbocycles. The van der Waals surface area contributed by atoms with Gasteiger partial charge in [-0.3, -0.25) is 14.5 Å². The van der Waals surface area contributed by atoms with E-state index in [0.717, 1.165) is 37.0 Å². The van der Waals surface area contributed by atoms with Crippen LogP contribution in [0.4, 0.5) is 4.79 Å². The Morgan fingerprint density at radius 1 is 1.29 bits per heavy atom. The SMILES string of the molecule is CC1CCC2(CC1)NC(=O)N(CC(=O)OC[C@@H]1CC=CCC1)C2=O. The number of carbonyl (C=O) groups excluding carboxylic acids is 3. The van der Waals surface area contributed by atoms with Crippen molar-refractivity contribution in [2.45, 2.75) is 57.4 Å². The molecule has 2 aliphatic carbocycles. The number of hydrogen-bond acceptors (Lipinski definition) is 4. The minimum atomic E-state index is -0.794. The highest BCUT2D eigenvalue weighted by Gasteiger charge is 2.52. The normalized spacial score (nSPS) is 33.0. The number of carbonyl (C=O) groups is 3. The number of allylic oxidation sites excluding steroid dienone is 2. The van der Waals surface area contributed by atoms with Crippen LogP contribution in [0, 0.1) is 11.8 Å². The van der Waals surface area contributed by atoms with Crippen LogP contribution in [0.25, 0.3) is 0 Å². The molecule has 0 radical (unpaired) electrons. The fourth-order valence-electron chi connectivity index (χ4n) is 3.81. The van der Waals surface area contributed by atoms with E-state index in [0.29, 0.717) is 31.3 Å². The average molecular weight is 334 g/mol. The van der Waals surface area contributed by atoms with Crippen LogP contribution in [0.5, 0.6) is 0 Å². The second-order valence-electron chi connectivity index (χ2n) is 7.42. The van der Waals surface area contributed by atoms with Crippen LogP contribution in [0.3, 0.4) is 0 Å². The predicted molar refractivity (Wildman–Crippen MR) is 88.0 cm³/mol. The van der Waals surface area contributed by atoms with Gasteiger partial charge in [-0.05, 0) is 56.8 Å².